The van der Waals surface area contributed by atoms with Crippen molar-refractivity contribution < 1.29 is 33.6 Å². The summed E-state index contributed by atoms with van der Waals surface area (Å²) < 4.78 is 0. The number of hydrogen-bond acceptors (Lipinski definition) is 9. The second-order valence-corrected chi connectivity index (χ2v) is 14.0. The summed E-state index contributed by atoms with van der Waals surface area (Å²) >= 11 is 3.78. The summed E-state index contributed by atoms with van der Waals surface area (Å²) in [7, 11) is 0. The summed E-state index contributed by atoms with van der Waals surface area (Å²) in [5.41, 5.74) is 0. The van der Waals surface area contributed by atoms with E-state index >= 15 is 0 Å². The summed E-state index contributed by atoms with van der Waals surface area (Å²) in [6, 6.07) is 0.861. The van der Waals surface area contributed by atoms with Crippen molar-refractivity contribution in [2.45, 2.75) is 125 Å². The fourth-order valence-corrected chi connectivity index (χ4v) is 8.96. The molecule has 5 aliphatic rings. The number of nitrogens with one attached hydrogen (secondary N) is 4. The number of unbranched alkanes of at least 4 members (excludes halogenated alkanes) is 3. The van der Waals surface area contributed by atoms with Gasteiger partial charge in [-0.3, -0.25) is 14.4 Å². The standard InChI is InChI=1S/C14H19N3O5S.C14H24N2O2S/c18-10-5-6-11(19)17(10)22-12(20)4-2-1-3-9-13-8(7-23-9)15-14(21)16-13;1-2-3-6-10(17)7-4-5-8-12-13-11(9-19-12)15-14(18)16-13/h8-9,13H,1-7H2,(H2,15,16,21);11-13H,2-9H2,1H3,(H2,15,16,18)/t8-,9?,13-;11-,12?,13-/m00/s1. The number of hydroxylamine groups is 2. The van der Waals surface area contributed by atoms with Gasteiger partial charge in [0.2, 0.25) is 0 Å². The fourth-order valence-electron chi connectivity index (χ4n) is 5.87. The maximum absolute atomic E-state index is 11.7. The van der Waals surface area contributed by atoms with Crippen LogP contribution in [0.2, 0.25) is 0 Å². The first-order valence-corrected chi connectivity index (χ1v) is 17.3. The van der Waals surface area contributed by atoms with E-state index in [1.165, 1.54) is 0 Å². The zero-order valence-corrected chi connectivity index (χ0v) is 25.8. The van der Waals surface area contributed by atoms with Crippen molar-refractivity contribution in [1.82, 2.24) is 26.3 Å². The number of imide groups is 1. The number of hydrogen-bond donors (Lipinski definition) is 4. The Labute approximate surface area is 255 Å². The van der Waals surface area contributed by atoms with Crippen LogP contribution in [0.15, 0.2) is 0 Å². The first kappa shape index (κ1) is 32.4. The molecular formula is C28H43N5O7S2. The van der Waals surface area contributed by atoms with E-state index in [1.54, 1.807) is 0 Å². The lowest BCUT2D eigenvalue weighted by Crippen LogP contribution is -2.36. The third kappa shape index (κ3) is 9.01. The molecule has 14 heteroatoms. The van der Waals surface area contributed by atoms with Gasteiger partial charge in [0, 0.05) is 54.1 Å². The third-order valence-electron chi connectivity index (χ3n) is 8.20. The lowest BCUT2D eigenvalue weighted by atomic mass is 10.0. The molecule has 0 bridgehead atoms. The highest BCUT2D eigenvalue weighted by Crippen LogP contribution is 2.34. The van der Waals surface area contributed by atoms with Crippen LogP contribution in [0.5, 0.6) is 0 Å². The van der Waals surface area contributed by atoms with Crippen molar-refractivity contribution >= 4 is 59.2 Å². The van der Waals surface area contributed by atoms with Crippen LogP contribution in [0.4, 0.5) is 9.59 Å². The molecule has 2 unspecified atom stereocenters. The van der Waals surface area contributed by atoms with E-state index in [9.17, 15) is 28.8 Å². The molecule has 12 nitrogen and oxygen atoms in total. The maximum Gasteiger partial charge on any atom is 0.333 e. The molecule has 0 aromatic heterocycles. The van der Waals surface area contributed by atoms with E-state index < -0.39 is 17.8 Å². The molecule has 6 atom stereocenters. The Hall–Kier alpha value is -2.48. The average Bonchev–Trinajstić information content (AvgIpc) is 3.76. The first-order valence-electron chi connectivity index (χ1n) is 15.2. The highest BCUT2D eigenvalue weighted by Gasteiger charge is 2.43. The summed E-state index contributed by atoms with van der Waals surface area (Å²) in [5, 5.41) is 13.2. The molecule has 0 spiro atoms. The van der Waals surface area contributed by atoms with Gasteiger partial charge in [0.15, 0.2) is 0 Å². The van der Waals surface area contributed by atoms with Crippen molar-refractivity contribution in [2.75, 3.05) is 11.5 Å². The van der Waals surface area contributed by atoms with E-state index in [0.29, 0.717) is 39.9 Å². The predicted octanol–water partition coefficient (Wildman–Crippen LogP) is 2.79. The Balaban J connectivity index is 0.000000197. The smallest absolute Gasteiger partial charge is 0.332 e. The molecule has 42 heavy (non-hydrogen) atoms. The van der Waals surface area contributed by atoms with E-state index in [-0.39, 0.29) is 43.4 Å². The van der Waals surface area contributed by atoms with Gasteiger partial charge in [0.1, 0.15) is 5.78 Å². The molecule has 0 aliphatic carbocycles. The Bertz CT molecular complexity index is 1010. The zero-order valence-electron chi connectivity index (χ0n) is 24.2. The molecule has 234 valence electrons. The summed E-state index contributed by atoms with van der Waals surface area (Å²) in [5.74, 6) is 0.872. The quantitative estimate of drug-likeness (QED) is 0.129. The van der Waals surface area contributed by atoms with Crippen LogP contribution in [0.1, 0.15) is 90.4 Å². The minimum absolute atomic E-state index is 0.0185. The van der Waals surface area contributed by atoms with Gasteiger partial charge in [-0.05, 0) is 32.1 Å². The van der Waals surface area contributed by atoms with Gasteiger partial charge in [-0.2, -0.15) is 23.5 Å². The molecular weight excluding hydrogens is 582 g/mol. The Morgan fingerprint density at radius 3 is 1.76 bits per heavy atom. The molecule has 0 aromatic rings. The number of carbonyl (C=O) groups is 6. The minimum atomic E-state index is -0.554. The van der Waals surface area contributed by atoms with Gasteiger partial charge in [0.25, 0.3) is 11.8 Å². The van der Waals surface area contributed by atoms with E-state index in [2.05, 4.69) is 28.2 Å². The number of Topliss-reactive ketones (excluding diaryl/α,β-unsaturated/α-hetero) is 1. The summed E-state index contributed by atoms with van der Waals surface area (Å²) in [4.78, 5) is 73.3. The van der Waals surface area contributed by atoms with Crippen molar-refractivity contribution in [2.24, 2.45) is 0 Å². The first-order chi connectivity index (χ1) is 20.2. The van der Waals surface area contributed by atoms with Crippen LogP contribution in [-0.2, 0) is 24.0 Å². The van der Waals surface area contributed by atoms with Gasteiger partial charge in [-0.1, -0.05) is 26.2 Å². The van der Waals surface area contributed by atoms with Crippen LogP contribution in [0, 0.1) is 0 Å². The number of amides is 6. The van der Waals surface area contributed by atoms with E-state index in [1.807, 2.05) is 23.5 Å². The Kier molecular flexibility index (Phi) is 12.2. The van der Waals surface area contributed by atoms with Gasteiger partial charge < -0.3 is 26.1 Å². The van der Waals surface area contributed by atoms with E-state index in [4.69, 9.17) is 4.84 Å². The number of thioether (sulfide) groups is 2. The molecule has 5 rings (SSSR count). The number of rotatable bonds is 14. The number of ketones is 1. The number of nitrogens with zero attached hydrogens (tertiary/aromatic N) is 1. The molecule has 0 radical (unpaired) electrons. The van der Waals surface area contributed by atoms with Crippen LogP contribution in [0.3, 0.4) is 0 Å². The van der Waals surface area contributed by atoms with Gasteiger partial charge in [0.05, 0.1) is 24.2 Å². The molecule has 0 aromatic carbocycles. The summed E-state index contributed by atoms with van der Waals surface area (Å²) in [6.45, 7) is 2.12. The fraction of sp³-hybridized carbons (Fsp3) is 0.786. The lowest BCUT2D eigenvalue weighted by Gasteiger charge is -2.16. The topological polar surface area (TPSA) is 163 Å². The monoisotopic (exact) mass is 625 g/mol. The highest BCUT2D eigenvalue weighted by molar-refractivity contribution is 8.00. The molecule has 6 amide bonds. The van der Waals surface area contributed by atoms with Gasteiger partial charge >= 0.3 is 18.0 Å². The second kappa shape index (κ2) is 15.8. The van der Waals surface area contributed by atoms with Crippen LogP contribution < -0.4 is 21.3 Å². The minimum Gasteiger partial charge on any atom is -0.332 e. The van der Waals surface area contributed by atoms with Crippen molar-refractivity contribution in [1.29, 1.82) is 0 Å². The molecule has 5 saturated heterocycles. The molecule has 5 heterocycles. The normalized spacial score (nSPS) is 29.2. The average molecular weight is 626 g/mol. The lowest BCUT2D eigenvalue weighted by molar-refractivity contribution is -0.197. The van der Waals surface area contributed by atoms with E-state index in [0.717, 1.165) is 69.3 Å². The SMILES string of the molecule is CCCCC(=O)CCCCC1SC[C@@H]2NC(=O)N[C@H]12.O=C1N[C@H]2CSC(CCCCC(=O)ON3C(=O)CCC3=O)[C@H]2N1. The Morgan fingerprint density at radius 2 is 1.24 bits per heavy atom. The van der Waals surface area contributed by atoms with Crippen LogP contribution in [-0.4, -0.2) is 86.9 Å². The second-order valence-electron chi connectivity index (χ2n) is 11.4. The van der Waals surface area contributed by atoms with Gasteiger partial charge in [-0.15, -0.1) is 5.06 Å². The highest BCUT2D eigenvalue weighted by atomic mass is 32.2. The van der Waals surface area contributed by atoms with Crippen LogP contribution in [0.25, 0.3) is 0 Å². The maximum atomic E-state index is 11.7. The molecule has 5 aliphatic heterocycles. The summed E-state index contributed by atoms with van der Waals surface area (Å²) in [6.07, 6.45) is 9.55. The van der Waals surface area contributed by atoms with Crippen molar-refractivity contribution in [3.63, 3.8) is 0 Å². The number of fused-ring (bicyclic) bond motifs is 2. The molecule has 4 N–H and O–H groups in total. The largest absolute Gasteiger partial charge is 0.333 e. The van der Waals surface area contributed by atoms with Crippen molar-refractivity contribution in [3.05, 3.63) is 0 Å². The molecule has 5 fully saturated rings. The zero-order chi connectivity index (χ0) is 30.1. The Morgan fingerprint density at radius 1 is 0.738 bits per heavy atom. The van der Waals surface area contributed by atoms with Crippen molar-refractivity contribution in [3.8, 4) is 0 Å². The number of urea groups is 2. The molecule has 0 saturated carbocycles. The van der Waals surface area contributed by atoms with Gasteiger partial charge in [-0.25, -0.2) is 14.4 Å². The number of carbonyl (C=O) groups excluding carboxylic acids is 6. The third-order valence-corrected chi connectivity index (χ3v) is 11.2. The van der Waals surface area contributed by atoms with Crippen LogP contribution >= 0.6 is 23.5 Å². The predicted molar refractivity (Wildman–Crippen MR) is 160 cm³/mol.